The second kappa shape index (κ2) is 8.76. The molecular weight excluding hydrogens is 320 g/mol. The van der Waals surface area contributed by atoms with E-state index < -0.39 is 0 Å². The summed E-state index contributed by atoms with van der Waals surface area (Å²) < 4.78 is 5.45. The third kappa shape index (κ3) is 4.52. The van der Waals surface area contributed by atoms with E-state index in [1.165, 1.54) is 5.56 Å². The number of ether oxygens (including phenoxy) is 1. The van der Waals surface area contributed by atoms with Crippen LogP contribution in [0.5, 0.6) is 5.75 Å². The molecule has 1 amide bonds. The zero-order valence-electron chi connectivity index (χ0n) is 14.6. The van der Waals surface area contributed by atoms with Crippen molar-refractivity contribution in [2.75, 3.05) is 20.4 Å². The van der Waals surface area contributed by atoms with Crippen molar-refractivity contribution in [3.8, 4) is 5.75 Å². The van der Waals surface area contributed by atoms with Crippen LogP contribution in [0.2, 0.25) is 0 Å². The van der Waals surface area contributed by atoms with Crippen LogP contribution in [0.15, 0.2) is 47.4 Å². The molecule has 2 N–H and O–H groups in total. The van der Waals surface area contributed by atoms with E-state index in [-0.39, 0.29) is 11.9 Å². The fourth-order valence-corrected chi connectivity index (χ4v) is 3.03. The predicted octanol–water partition coefficient (Wildman–Crippen LogP) is 3.63. The zero-order chi connectivity index (χ0) is 17.5. The lowest BCUT2D eigenvalue weighted by atomic mass is 10.1. The van der Waals surface area contributed by atoms with Gasteiger partial charge in [0.1, 0.15) is 5.75 Å². The molecule has 4 nitrogen and oxygen atoms in total. The Morgan fingerprint density at radius 2 is 2.04 bits per heavy atom. The van der Waals surface area contributed by atoms with Crippen molar-refractivity contribution in [2.45, 2.75) is 24.4 Å². The lowest BCUT2D eigenvalue weighted by Crippen LogP contribution is -2.20. The van der Waals surface area contributed by atoms with E-state index in [2.05, 4.69) is 35.8 Å². The molecule has 0 aliphatic carbocycles. The monoisotopic (exact) mass is 344 g/mol. The maximum absolute atomic E-state index is 11.7. The lowest BCUT2D eigenvalue weighted by molar-refractivity contribution is 0.0963. The smallest absolute Gasteiger partial charge is 0.251 e. The highest BCUT2D eigenvalue weighted by molar-refractivity contribution is 7.98. The predicted molar refractivity (Wildman–Crippen MR) is 99.9 cm³/mol. The third-order valence-corrected chi connectivity index (χ3v) is 4.71. The van der Waals surface area contributed by atoms with Crippen LogP contribution in [-0.2, 0) is 6.54 Å². The van der Waals surface area contributed by atoms with Crippen molar-refractivity contribution in [2.24, 2.45) is 0 Å². The van der Waals surface area contributed by atoms with Gasteiger partial charge in [0.15, 0.2) is 0 Å². The number of hydrogen-bond acceptors (Lipinski definition) is 4. The summed E-state index contributed by atoms with van der Waals surface area (Å²) in [5.74, 6) is 0.831. The summed E-state index contributed by atoms with van der Waals surface area (Å²) in [5, 5.41) is 6.14. The highest BCUT2D eigenvalue weighted by Crippen LogP contribution is 2.30. The Bertz CT molecular complexity index is 704. The Morgan fingerprint density at radius 3 is 2.71 bits per heavy atom. The number of methoxy groups -OCH3 is 1. The van der Waals surface area contributed by atoms with E-state index in [0.29, 0.717) is 12.1 Å². The Balaban J connectivity index is 2.05. The number of rotatable bonds is 7. The SMILES string of the molecule is CNC(=O)c1cccc(CNC(C)c2ccc(SC)c(OC)c2)c1. The standard InChI is InChI=1S/C19H24N2O2S/c1-13(15-8-9-18(24-4)17(11-15)23-3)21-12-14-6-5-7-16(10-14)19(22)20-2/h5-11,13,21H,12H2,1-4H3,(H,20,22). The van der Waals surface area contributed by atoms with Gasteiger partial charge >= 0.3 is 0 Å². The van der Waals surface area contributed by atoms with Gasteiger partial charge in [-0.1, -0.05) is 18.2 Å². The molecule has 1 atom stereocenters. The molecule has 0 radical (unpaired) electrons. The van der Waals surface area contributed by atoms with E-state index in [4.69, 9.17) is 4.74 Å². The summed E-state index contributed by atoms with van der Waals surface area (Å²) in [6.07, 6.45) is 2.04. The van der Waals surface area contributed by atoms with Crippen molar-refractivity contribution < 1.29 is 9.53 Å². The van der Waals surface area contributed by atoms with E-state index in [1.54, 1.807) is 25.9 Å². The molecule has 0 aliphatic heterocycles. The quantitative estimate of drug-likeness (QED) is 0.753. The average molecular weight is 344 g/mol. The van der Waals surface area contributed by atoms with Crippen LogP contribution in [0.3, 0.4) is 0 Å². The van der Waals surface area contributed by atoms with E-state index in [0.717, 1.165) is 16.2 Å². The van der Waals surface area contributed by atoms with Gasteiger partial charge in [-0.05, 0) is 48.6 Å². The Labute approximate surface area is 148 Å². The first-order valence-corrected chi connectivity index (χ1v) is 9.07. The van der Waals surface area contributed by atoms with Gasteiger partial charge in [0, 0.05) is 30.1 Å². The minimum absolute atomic E-state index is 0.0673. The highest BCUT2D eigenvalue weighted by Gasteiger charge is 2.10. The van der Waals surface area contributed by atoms with Crippen molar-refractivity contribution in [3.63, 3.8) is 0 Å². The van der Waals surface area contributed by atoms with Gasteiger partial charge < -0.3 is 15.4 Å². The van der Waals surface area contributed by atoms with Crippen molar-refractivity contribution in [1.82, 2.24) is 10.6 Å². The van der Waals surface area contributed by atoms with Crippen LogP contribution in [-0.4, -0.2) is 26.3 Å². The summed E-state index contributed by atoms with van der Waals surface area (Å²) in [5.41, 5.74) is 2.93. The molecule has 0 aromatic heterocycles. The van der Waals surface area contributed by atoms with Gasteiger partial charge in [-0.3, -0.25) is 4.79 Å². The molecule has 0 aliphatic rings. The maximum Gasteiger partial charge on any atom is 0.251 e. The summed E-state index contributed by atoms with van der Waals surface area (Å²) in [6.45, 7) is 2.81. The van der Waals surface area contributed by atoms with Crippen LogP contribution in [0.4, 0.5) is 0 Å². The Morgan fingerprint density at radius 1 is 1.25 bits per heavy atom. The number of hydrogen-bond donors (Lipinski definition) is 2. The molecule has 0 fully saturated rings. The first-order valence-electron chi connectivity index (χ1n) is 7.85. The molecule has 2 aromatic carbocycles. The third-order valence-electron chi connectivity index (χ3n) is 3.94. The van der Waals surface area contributed by atoms with Gasteiger partial charge in [0.05, 0.1) is 7.11 Å². The van der Waals surface area contributed by atoms with Crippen LogP contribution >= 0.6 is 11.8 Å². The van der Waals surface area contributed by atoms with Crippen LogP contribution in [0, 0.1) is 0 Å². The van der Waals surface area contributed by atoms with Gasteiger partial charge in [0.25, 0.3) is 5.91 Å². The second-order valence-electron chi connectivity index (χ2n) is 5.50. The first kappa shape index (κ1) is 18.4. The number of thioether (sulfide) groups is 1. The molecule has 0 bridgehead atoms. The fraction of sp³-hybridized carbons (Fsp3) is 0.316. The van der Waals surface area contributed by atoms with Crippen LogP contribution in [0.25, 0.3) is 0 Å². The molecule has 0 heterocycles. The molecule has 128 valence electrons. The number of carbonyl (C=O) groups excluding carboxylic acids is 1. The molecule has 0 saturated carbocycles. The minimum atomic E-state index is -0.0673. The van der Waals surface area contributed by atoms with Crippen molar-refractivity contribution >= 4 is 17.7 Å². The minimum Gasteiger partial charge on any atom is -0.496 e. The molecule has 0 saturated heterocycles. The van der Waals surface area contributed by atoms with Crippen molar-refractivity contribution in [1.29, 1.82) is 0 Å². The summed E-state index contributed by atoms with van der Waals surface area (Å²) in [4.78, 5) is 12.8. The largest absolute Gasteiger partial charge is 0.496 e. The molecule has 1 unspecified atom stereocenters. The van der Waals surface area contributed by atoms with E-state index >= 15 is 0 Å². The fourth-order valence-electron chi connectivity index (χ4n) is 2.48. The van der Waals surface area contributed by atoms with Crippen LogP contribution in [0.1, 0.15) is 34.5 Å². The normalized spacial score (nSPS) is 11.8. The zero-order valence-corrected chi connectivity index (χ0v) is 15.4. The number of amides is 1. The Hall–Kier alpha value is -1.98. The van der Waals surface area contributed by atoms with Crippen LogP contribution < -0.4 is 15.4 Å². The summed E-state index contributed by atoms with van der Waals surface area (Å²) in [6, 6.07) is 14.1. The van der Waals surface area contributed by atoms with Gasteiger partial charge in [0.2, 0.25) is 0 Å². The maximum atomic E-state index is 11.7. The Kier molecular flexibility index (Phi) is 6.70. The number of nitrogens with one attached hydrogen (secondary N) is 2. The van der Waals surface area contributed by atoms with E-state index in [1.807, 2.05) is 30.5 Å². The van der Waals surface area contributed by atoms with Gasteiger partial charge in [-0.25, -0.2) is 0 Å². The molecular formula is C19H24N2O2S. The molecule has 24 heavy (non-hydrogen) atoms. The molecule has 2 rings (SSSR count). The summed E-state index contributed by atoms with van der Waals surface area (Å²) >= 11 is 1.67. The van der Waals surface area contributed by atoms with Crippen molar-refractivity contribution in [3.05, 3.63) is 59.2 Å². The number of carbonyl (C=O) groups is 1. The van der Waals surface area contributed by atoms with Gasteiger partial charge in [-0.2, -0.15) is 0 Å². The van der Waals surface area contributed by atoms with Gasteiger partial charge in [-0.15, -0.1) is 11.8 Å². The average Bonchev–Trinajstić information content (AvgIpc) is 2.64. The lowest BCUT2D eigenvalue weighted by Gasteiger charge is -2.17. The highest BCUT2D eigenvalue weighted by atomic mass is 32.2. The topological polar surface area (TPSA) is 50.4 Å². The van der Waals surface area contributed by atoms with E-state index in [9.17, 15) is 4.79 Å². The summed E-state index contributed by atoms with van der Waals surface area (Å²) in [7, 11) is 3.34. The number of benzene rings is 2. The molecule has 0 spiro atoms. The molecule has 5 heteroatoms. The second-order valence-corrected chi connectivity index (χ2v) is 6.34. The molecule has 2 aromatic rings. The first-order chi connectivity index (χ1) is 11.6.